The van der Waals surface area contributed by atoms with Gasteiger partial charge in [0.1, 0.15) is 17.6 Å². The summed E-state index contributed by atoms with van der Waals surface area (Å²) in [5, 5.41) is 11.5. The van der Waals surface area contributed by atoms with Crippen LogP contribution < -0.4 is 5.32 Å². The first-order valence-corrected chi connectivity index (χ1v) is 6.11. The van der Waals surface area contributed by atoms with Crippen LogP contribution in [-0.4, -0.2) is 35.1 Å². The van der Waals surface area contributed by atoms with Crippen molar-refractivity contribution in [1.82, 2.24) is 10.2 Å². The number of hydrogen-bond donors (Lipinski definition) is 2. The molecule has 0 aliphatic carbocycles. The lowest BCUT2D eigenvalue weighted by Gasteiger charge is -2.22. The molecule has 0 saturated heterocycles. The van der Waals surface area contributed by atoms with Gasteiger partial charge in [-0.25, -0.2) is 9.59 Å². The molecule has 0 unspecified atom stereocenters. The monoisotopic (exact) mass is 268 g/mol. The molecule has 0 fully saturated rings. The van der Waals surface area contributed by atoms with Gasteiger partial charge in [0.15, 0.2) is 0 Å². The van der Waals surface area contributed by atoms with E-state index < -0.39 is 18.0 Å². The molecule has 1 atom stereocenters. The summed E-state index contributed by atoms with van der Waals surface area (Å²) in [6, 6.07) is 2.27. The van der Waals surface area contributed by atoms with Crippen molar-refractivity contribution in [3.8, 4) is 0 Å². The van der Waals surface area contributed by atoms with Crippen LogP contribution in [0.3, 0.4) is 0 Å². The van der Waals surface area contributed by atoms with E-state index in [9.17, 15) is 9.59 Å². The van der Waals surface area contributed by atoms with E-state index in [0.29, 0.717) is 12.3 Å². The molecule has 1 heterocycles. The minimum atomic E-state index is -1.04. The Balaban J connectivity index is 2.59. The van der Waals surface area contributed by atoms with Crippen LogP contribution in [0.4, 0.5) is 4.79 Å². The van der Waals surface area contributed by atoms with Crippen LogP contribution in [0.25, 0.3) is 0 Å². The molecular weight excluding hydrogens is 248 g/mol. The molecule has 0 aliphatic rings. The number of urea groups is 1. The summed E-state index contributed by atoms with van der Waals surface area (Å²) in [6.45, 7) is 5.61. The van der Waals surface area contributed by atoms with Gasteiger partial charge in [-0.2, -0.15) is 0 Å². The van der Waals surface area contributed by atoms with Gasteiger partial charge in [0.25, 0.3) is 0 Å². The number of carboxylic acid groups (broad SMARTS) is 1. The van der Waals surface area contributed by atoms with Crippen LogP contribution in [0, 0.1) is 12.8 Å². The Morgan fingerprint density at radius 3 is 2.47 bits per heavy atom. The molecule has 19 heavy (non-hydrogen) atoms. The van der Waals surface area contributed by atoms with Gasteiger partial charge in [0.05, 0.1) is 6.54 Å². The number of carbonyl (C=O) groups is 2. The fourth-order valence-corrected chi connectivity index (χ4v) is 1.63. The molecule has 0 radical (unpaired) electrons. The van der Waals surface area contributed by atoms with Crippen molar-refractivity contribution < 1.29 is 19.1 Å². The first-order valence-electron chi connectivity index (χ1n) is 6.11. The summed E-state index contributed by atoms with van der Waals surface area (Å²) < 4.78 is 5.37. The standard InChI is InChI=1S/C13H20N2O4/c1-8(2)11(12(16)17)14-13(18)15(4)7-10-6-5-9(3)19-10/h5-6,8,11H,7H2,1-4H3,(H,14,18)(H,16,17)/t11-/m0/s1. The Morgan fingerprint density at radius 2 is 2.05 bits per heavy atom. The van der Waals surface area contributed by atoms with Crippen LogP contribution in [0.15, 0.2) is 16.5 Å². The molecule has 0 aromatic carbocycles. The quantitative estimate of drug-likeness (QED) is 0.853. The number of carboxylic acids is 1. The molecule has 2 N–H and O–H groups in total. The smallest absolute Gasteiger partial charge is 0.326 e. The molecule has 0 spiro atoms. The van der Waals surface area contributed by atoms with Gasteiger partial charge in [-0.05, 0) is 25.0 Å². The number of carbonyl (C=O) groups excluding carboxylic acids is 1. The van der Waals surface area contributed by atoms with Crippen molar-refractivity contribution >= 4 is 12.0 Å². The summed E-state index contributed by atoms with van der Waals surface area (Å²) in [5.74, 6) is 0.215. The normalized spacial score (nSPS) is 12.3. The second-order valence-corrected chi connectivity index (χ2v) is 4.88. The van der Waals surface area contributed by atoms with Crippen molar-refractivity contribution in [1.29, 1.82) is 0 Å². The number of rotatable bonds is 5. The Labute approximate surface area is 112 Å². The lowest BCUT2D eigenvalue weighted by molar-refractivity contribution is -0.140. The molecule has 106 valence electrons. The Kier molecular flexibility index (Phi) is 4.97. The van der Waals surface area contributed by atoms with E-state index in [1.54, 1.807) is 27.0 Å². The van der Waals surface area contributed by atoms with Crippen LogP contribution in [-0.2, 0) is 11.3 Å². The molecule has 0 saturated carbocycles. The fourth-order valence-electron chi connectivity index (χ4n) is 1.63. The number of hydrogen-bond acceptors (Lipinski definition) is 3. The van der Waals surface area contributed by atoms with Gasteiger partial charge >= 0.3 is 12.0 Å². The zero-order chi connectivity index (χ0) is 14.6. The summed E-state index contributed by atoms with van der Waals surface area (Å²) in [7, 11) is 1.59. The summed E-state index contributed by atoms with van der Waals surface area (Å²) in [5.41, 5.74) is 0. The number of aliphatic carboxylic acids is 1. The summed E-state index contributed by atoms with van der Waals surface area (Å²) >= 11 is 0. The third-order valence-electron chi connectivity index (χ3n) is 2.75. The molecular formula is C13H20N2O4. The number of nitrogens with one attached hydrogen (secondary N) is 1. The number of aryl methyl sites for hydroxylation is 1. The van der Waals surface area contributed by atoms with Gasteiger partial charge in [-0.15, -0.1) is 0 Å². The highest BCUT2D eigenvalue weighted by Gasteiger charge is 2.25. The summed E-state index contributed by atoms with van der Waals surface area (Å²) in [6.07, 6.45) is 0. The highest BCUT2D eigenvalue weighted by atomic mass is 16.4. The second-order valence-electron chi connectivity index (χ2n) is 4.88. The highest BCUT2D eigenvalue weighted by molar-refractivity contribution is 5.82. The first kappa shape index (κ1) is 15.1. The third kappa shape index (κ3) is 4.31. The summed E-state index contributed by atoms with van der Waals surface area (Å²) in [4.78, 5) is 24.3. The molecule has 6 heteroatoms. The lowest BCUT2D eigenvalue weighted by Crippen LogP contribution is -2.48. The van der Waals surface area contributed by atoms with E-state index in [1.165, 1.54) is 4.90 Å². The fraction of sp³-hybridized carbons (Fsp3) is 0.538. The van der Waals surface area contributed by atoms with E-state index in [0.717, 1.165) is 5.76 Å². The maximum Gasteiger partial charge on any atom is 0.326 e. The van der Waals surface area contributed by atoms with Gasteiger partial charge in [-0.3, -0.25) is 0 Å². The third-order valence-corrected chi connectivity index (χ3v) is 2.75. The average Bonchev–Trinajstić information content (AvgIpc) is 2.70. The van der Waals surface area contributed by atoms with Crippen molar-refractivity contribution in [2.45, 2.75) is 33.4 Å². The average molecular weight is 268 g/mol. The SMILES string of the molecule is Cc1ccc(CN(C)C(=O)N[C@H](C(=O)O)C(C)C)o1. The van der Waals surface area contributed by atoms with Crippen molar-refractivity contribution in [2.24, 2.45) is 5.92 Å². The van der Waals surface area contributed by atoms with Crippen molar-refractivity contribution in [2.75, 3.05) is 7.05 Å². The highest BCUT2D eigenvalue weighted by Crippen LogP contribution is 2.09. The zero-order valence-electron chi connectivity index (χ0n) is 11.6. The number of amides is 2. The maximum absolute atomic E-state index is 11.9. The molecule has 1 aromatic rings. The van der Waals surface area contributed by atoms with Gasteiger partial charge in [0.2, 0.25) is 0 Å². The van der Waals surface area contributed by atoms with E-state index in [2.05, 4.69) is 5.32 Å². The van der Waals surface area contributed by atoms with Gasteiger partial charge in [-0.1, -0.05) is 13.8 Å². The predicted molar refractivity (Wildman–Crippen MR) is 69.7 cm³/mol. The minimum Gasteiger partial charge on any atom is -0.480 e. The van der Waals surface area contributed by atoms with Crippen molar-refractivity contribution in [3.63, 3.8) is 0 Å². The first-order chi connectivity index (χ1) is 8.81. The maximum atomic E-state index is 11.9. The molecule has 6 nitrogen and oxygen atoms in total. The number of nitrogens with zero attached hydrogens (tertiary/aromatic N) is 1. The number of furan rings is 1. The minimum absolute atomic E-state index is 0.180. The van der Waals surface area contributed by atoms with E-state index in [4.69, 9.17) is 9.52 Å². The van der Waals surface area contributed by atoms with Crippen LogP contribution in [0.1, 0.15) is 25.4 Å². The van der Waals surface area contributed by atoms with Crippen LogP contribution >= 0.6 is 0 Å². The predicted octanol–water partition coefficient (Wildman–Crippen LogP) is 1.84. The molecule has 0 aliphatic heterocycles. The topological polar surface area (TPSA) is 82.8 Å². The van der Waals surface area contributed by atoms with Crippen LogP contribution in [0.5, 0.6) is 0 Å². The molecule has 0 bridgehead atoms. The lowest BCUT2D eigenvalue weighted by atomic mass is 10.1. The van der Waals surface area contributed by atoms with Gasteiger partial charge < -0.3 is 19.7 Å². The van der Waals surface area contributed by atoms with Gasteiger partial charge in [0, 0.05) is 7.05 Å². The van der Waals surface area contributed by atoms with Crippen molar-refractivity contribution in [3.05, 3.63) is 23.7 Å². The largest absolute Gasteiger partial charge is 0.480 e. The Bertz CT molecular complexity index is 453. The second kappa shape index (κ2) is 6.26. The molecule has 1 aromatic heterocycles. The van der Waals surface area contributed by atoms with Crippen LogP contribution in [0.2, 0.25) is 0 Å². The zero-order valence-corrected chi connectivity index (χ0v) is 11.6. The Morgan fingerprint density at radius 1 is 1.42 bits per heavy atom. The van der Waals surface area contributed by atoms with E-state index in [1.807, 2.05) is 13.0 Å². The molecule has 2 amide bonds. The molecule has 1 rings (SSSR count). The van der Waals surface area contributed by atoms with E-state index in [-0.39, 0.29) is 5.92 Å². The Hall–Kier alpha value is -1.98. The van der Waals surface area contributed by atoms with E-state index >= 15 is 0 Å².